The molecule has 0 saturated heterocycles. The fourth-order valence-corrected chi connectivity index (χ4v) is 3.25. The maximum atomic E-state index is 10.3. The lowest BCUT2D eigenvalue weighted by atomic mass is 10.0. The van der Waals surface area contributed by atoms with Gasteiger partial charge in [0, 0.05) is 5.56 Å². The zero-order valence-electron chi connectivity index (χ0n) is 9.91. The van der Waals surface area contributed by atoms with Crippen LogP contribution in [-0.4, -0.2) is 12.2 Å². The molecular formula is C13H12Cl2O2S. The van der Waals surface area contributed by atoms with Crippen LogP contribution in [0.3, 0.4) is 0 Å². The first-order valence-corrected chi connectivity index (χ1v) is 6.87. The van der Waals surface area contributed by atoms with Gasteiger partial charge in [-0.25, -0.2) is 0 Å². The third kappa shape index (κ3) is 2.64. The molecule has 18 heavy (non-hydrogen) atoms. The standard InChI is InChI=1S/C13H12Cl2O2S/c1-7-3-4-8(5-10(7)17-2)12(16)9-6-11(14)18-13(9)15/h3-6,12,16H,1-2H3. The van der Waals surface area contributed by atoms with Gasteiger partial charge in [-0.3, -0.25) is 0 Å². The Hall–Kier alpha value is -0.740. The molecule has 0 aliphatic rings. The van der Waals surface area contributed by atoms with Crippen molar-refractivity contribution in [3.8, 4) is 5.75 Å². The van der Waals surface area contributed by atoms with Crippen LogP contribution >= 0.6 is 34.5 Å². The first kappa shape index (κ1) is 13.7. The molecule has 0 aliphatic carbocycles. The van der Waals surface area contributed by atoms with Gasteiger partial charge in [0.25, 0.3) is 0 Å². The third-order valence-corrected chi connectivity index (χ3v) is 4.24. The minimum absolute atomic E-state index is 0.507. The van der Waals surface area contributed by atoms with E-state index in [9.17, 15) is 5.11 Å². The topological polar surface area (TPSA) is 29.5 Å². The van der Waals surface area contributed by atoms with E-state index in [0.717, 1.165) is 16.9 Å². The van der Waals surface area contributed by atoms with Crippen molar-refractivity contribution in [2.45, 2.75) is 13.0 Å². The molecule has 2 rings (SSSR count). The molecule has 2 nitrogen and oxygen atoms in total. The molecule has 1 aromatic carbocycles. The van der Waals surface area contributed by atoms with Crippen molar-refractivity contribution >= 4 is 34.5 Å². The highest BCUT2D eigenvalue weighted by Crippen LogP contribution is 2.38. The average molecular weight is 303 g/mol. The number of hydrogen-bond donors (Lipinski definition) is 1. The van der Waals surface area contributed by atoms with Gasteiger partial charge in [0.15, 0.2) is 0 Å². The zero-order valence-corrected chi connectivity index (χ0v) is 12.2. The number of halogens is 2. The molecule has 0 saturated carbocycles. The Balaban J connectivity index is 2.39. The maximum Gasteiger partial charge on any atom is 0.122 e. The van der Waals surface area contributed by atoms with Crippen molar-refractivity contribution < 1.29 is 9.84 Å². The molecule has 96 valence electrons. The molecule has 0 spiro atoms. The van der Waals surface area contributed by atoms with Crippen molar-refractivity contribution in [3.05, 3.63) is 49.6 Å². The molecule has 5 heteroatoms. The fourth-order valence-electron chi connectivity index (χ4n) is 1.73. The molecule has 0 aliphatic heterocycles. The average Bonchev–Trinajstić information content (AvgIpc) is 2.68. The van der Waals surface area contributed by atoms with Gasteiger partial charge in [0.1, 0.15) is 16.2 Å². The second-order valence-corrected chi connectivity index (χ2v) is 6.20. The Labute approximate surface area is 120 Å². The Morgan fingerprint density at radius 2 is 2.00 bits per heavy atom. The second-order valence-electron chi connectivity index (χ2n) is 3.91. The van der Waals surface area contributed by atoms with Gasteiger partial charge in [-0.15, -0.1) is 11.3 Å². The molecule has 1 atom stereocenters. The lowest BCUT2D eigenvalue weighted by Crippen LogP contribution is -2.00. The van der Waals surface area contributed by atoms with Crippen molar-refractivity contribution in [2.24, 2.45) is 0 Å². The van der Waals surface area contributed by atoms with Gasteiger partial charge in [-0.2, -0.15) is 0 Å². The smallest absolute Gasteiger partial charge is 0.122 e. The number of thiophene rings is 1. The molecule has 1 aromatic heterocycles. The Kier molecular flexibility index (Phi) is 4.17. The second kappa shape index (κ2) is 5.49. The predicted molar refractivity (Wildman–Crippen MR) is 76.1 cm³/mol. The number of ether oxygens (including phenoxy) is 1. The van der Waals surface area contributed by atoms with E-state index in [2.05, 4.69) is 0 Å². The summed E-state index contributed by atoms with van der Waals surface area (Å²) in [5.74, 6) is 0.740. The van der Waals surface area contributed by atoms with Crippen LogP contribution in [-0.2, 0) is 0 Å². The summed E-state index contributed by atoms with van der Waals surface area (Å²) in [4.78, 5) is 0. The van der Waals surface area contributed by atoms with Crippen LogP contribution in [0.5, 0.6) is 5.75 Å². The van der Waals surface area contributed by atoms with E-state index >= 15 is 0 Å². The van der Waals surface area contributed by atoms with Crippen LogP contribution < -0.4 is 4.74 Å². The quantitative estimate of drug-likeness (QED) is 0.907. The molecule has 1 heterocycles. The molecule has 0 bridgehead atoms. The summed E-state index contributed by atoms with van der Waals surface area (Å²) in [6, 6.07) is 7.25. The summed E-state index contributed by atoms with van der Waals surface area (Å²) >= 11 is 13.2. The number of aliphatic hydroxyl groups is 1. The van der Waals surface area contributed by atoms with Gasteiger partial charge >= 0.3 is 0 Å². The molecular weight excluding hydrogens is 291 g/mol. The summed E-state index contributed by atoms with van der Waals surface area (Å²) < 4.78 is 6.31. The highest BCUT2D eigenvalue weighted by atomic mass is 35.5. The molecule has 0 amide bonds. The summed E-state index contributed by atoms with van der Waals surface area (Å²) in [7, 11) is 1.60. The Morgan fingerprint density at radius 3 is 2.56 bits per heavy atom. The minimum Gasteiger partial charge on any atom is -0.496 e. The van der Waals surface area contributed by atoms with E-state index in [1.807, 2.05) is 25.1 Å². The lowest BCUT2D eigenvalue weighted by Gasteiger charge is -2.13. The lowest BCUT2D eigenvalue weighted by molar-refractivity contribution is 0.220. The molecule has 1 N–H and O–H groups in total. The van der Waals surface area contributed by atoms with Crippen LogP contribution in [0, 0.1) is 6.92 Å². The van der Waals surface area contributed by atoms with Crippen LogP contribution in [0.2, 0.25) is 8.67 Å². The summed E-state index contributed by atoms with van der Waals surface area (Å²) in [6.07, 6.45) is -0.796. The maximum absolute atomic E-state index is 10.3. The van der Waals surface area contributed by atoms with Gasteiger partial charge in [0.05, 0.1) is 11.4 Å². The summed E-state index contributed by atoms with van der Waals surface area (Å²) in [5.41, 5.74) is 2.37. The van der Waals surface area contributed by atoms with Crippen LogP contribution in [0.4, 0.5) is 0 Å². The number of aliphatic hydroxyl groups excluding tert-OH is 1. The number of hydrogen-bond acceptors (Lipinski definition) is 3. The largest absolute Gasteiger partial charge is 0.496 e. The third-order valence-electron chi connectivity index (χ3n) is 2.73. The van der Waals surface area contributed by atoms with Crippen molar-refractivity contribution in [2.75, 3.05) is 7.11 Å². The van der Waals surface area contributed by atoms with Crippen molar-refractivity contribution in [1.29, 1.82) is 0 Å². The first-order valence-electron chi connectivity index (χ1n) is 5.30. The molecule has 1 unspecified atom stereocenters. The highest BCUT2D eigenvalue weighted by Gasteiger charge is 2.17. The number of methoxy groups -OCH3 is 1. The minimum atomic E-state index is -0.796. The van der Waals surface area contributed by atoms with Gasteiger partial charge in [-0.05, 0) is 30.2 Å². The van der Waals surface area contributed by atoms with Crippen LogP contribution in [0.25, 0.3) is 0 Å². The van der Waals surface area contributed by atoms with Gasteiger partial charge < -0.3 is 9.84 Å². The zero-order chi connectivity index (χ0) is 13.3. The number of aryl methyl sites for hydroxylation is 1. The Bertz CT molecular complexity index is 566. The predicted octanol–water partition coefficient (Wildman–Crippen LogP) is 4.45. The SMILES string of the molecule is COc1cc(C(O)c2cc(Cl)sc2Cl)ccc1C. The van der Waals surface area contributed by atoms with Gasteiger partial charge in [-0.1, -0.05) is 35.3 Å². The Morgan fingerprint density at radius 1 is 1.28 bits per heavy atom. The van der Waals surface area contributed by atoms with Crippen LogP contribution in [0.15, 0.2) is 24.3 Å². The van der Waals surface area contributed by atoms with E-state index in [1.54, 1.807) is 13.2 Å². The summed E-state index contributed by atoms with van der Waals surface area (Å²) in [5, 5.41) is 10.3. The van der Waals surface area contributed by atoms with E-state index < -0.39 is 6.10 Å². The highest BCUT2D eigenvalue weighted by molar-refractivity contribution is 7.20. The fraction of sp³-hybridized carbons (Fsp3) is 0.231. The molecule has 0 radical (unpaired) electrons. The van der Waals surface area contributed by atoms with E-state index in [4.69, 9.17) is 27.9 Å². The number of benzene rings is 1. The van der Waals surface area contributed by atoms with Crippen LogP contribution in [0.1, 0.15) is 22.8 Å². The van der Waals surface area contributed by atoms with E-state index in [1.165, 1.54) is 11.3 Å². The van der Waals surface area contributed by atoms with Crippen molar-refractivity contribution in [3.63, 3.8) is 0 Å². The van der Waals surface area contributed by atoms with Gasteiger partial charge in [0.2, 0.25) is 0 Å². The molecule has 0 fully saturated rings. The van der Waals surface area contributed by atoms with E-state index in [0.29, 0.717) is 14.2 Å². The first-order chi connectivity index (χ1) is 8.52. The monoisotopic (exact) mass is 302 g/mol. The summed E-state index contributed by atoms with van der Waals surface area (Å²) in [6.45, 7) is 1.95. The number of rotatable bonds is 3. The van der Waals surface area contributed by atoms with E-state index in [-0.39, 0.29) is 0 Å². The van der Waals surface area contributed by atoms with Crippen molar-refractivity contribution in [1.82, 2.24) is 0 Å². The normalized spacial score (nSPS) is 12.5. The molecule has 2 aromatic rings.